The van der Waals surface area contributed by atoms with Crippen LogP contribution in [0.25, 0.3) is 0 Å². The summed E-state index contributed by atoms with van der Waals surface area (Å²) in [6, 6.07) is 0.0644. The van der Waals surface area contributed by atoms with Crippen LogP contribution in [0.3, 0.4) is 0 Å². The van der Waals surface area contributed by atoms with Gasteiger partial charge in [0, 0.05) is 12.2 Å². The van der Waals surface area contributed by atoms with Crippen molar-refractivity contribution in [3.63, 3.8) is 0 Å². The Morgan fingerprint density at radius 3 is 2.79 bits per heavy atom. The standard InChI is InChI=1S/C14H22N2O2S/c1-2-18-14(17)13(12-9-15-10-19-12)16-11-7-5-3-4-6-8-11/h9-11,13,16H,2-8H2,1H3. The van der Waals surface area contributed by atoms with Gasteiger partial charge < -0.3 is 4.74 Å². The molecule has 2 rings (SSSR count). The fourth-order valence-electron chi connectivity index (χ4n) is 2.54. The number of esters is 1. The molecule has 19 heavy (non-hydrogen) atoms. The summed E-state index contributed by atoms with van der Waals surface area (Å²) < 4.78 is 5.18. The smallest absolute Gasteiger partial charge is 0.328 e. The first-order chi connectivity index (χ1) is 9.31. The molecular formula is C14H22N2O2S. The molecule has 0 bridgehead atoms. The van der Waals surface area contributed by atoms with E-state index in [9.17, 15) is 4.79 Å². The quantitative estimate of drug-likeness (QED) is 0.666. The maximum atomic E-state index is 12.1. The molecule has 1 aromatic rings. The molecule has 0 saturated heterocycles. The molecule has 0 spiro atoms. The molecule has 1 unspecified atom stereocenters. The third kappa shape index (κ3) is 4.28. The Morgan fingerprint density at radius 2 is 2.21 bits per heavy atom. The lowest BCUT2D eigenvalue weighted by Crippen LogP contribution is -2.37. The summed E-state index contributed by atoms with van der Waals surface area (Å²) in [6.07, 6.45) is 9.16. The number of hydrogen-bond donors (Lipinski definition) is 1. The van der Waals surface area contributed by atoms with Crippen LogP contribution in [0, 0.1) is 0 Å². The Hall–Kier alpha value is -0.940. The molecule has 106 valence electrons. The molecule has 0 amide bonds. The summed E-state index contributed by atoms with van der Waals surface area (Å²) in [6.45, 7) is 2.26. The van der Waals surface area contributed by atoms with Gasteiger partial charge in [0.25, 0.3) is 0 Å². The van der Waals surface area contributed by atoms with Crippen molar-refractivity contribution in [1.82, 2.24) is 10.3 Å². The van der Waals surface area contributed by atoms with Crippen molar-refractivity contribution in [1.29, 1.82) is 0 Å². The van der Waals surface area contributed by atoms with E-state index in [1.807, 2.05) is 6.92 Å². The van der Waals surface area contributed by atoms with Crippen molar-refractivity contribution in [2.45, 2.75) is 57.5 Å². The average molecular weight is 282 g/mol. The lowest BCUT2D eigenvalue weighted by Gasteiger charge is -2.22. The first-order valence-electron chi connectivity index (χ1n) is 7.12. The van der Waals surface area contributed by atoms with Crippen molar-refractivity contribution in [2.24, 2.45) is 0 Å². The number of nitrogens with one attached hydrogen (secondary N) is 1. The van der Waals surface area contributed by atoms with Crippen molar-refractivity contribution in [3.8, 4) is 0 Å². The fourth-order valence-corrected chi connectivity index (χ4v) is 3.21. The number of aromatic nitrogens is 1. The zero-order chi connectivity index (χ0) is 13.5. The number of carbonyl (C=O) groups excluding carboxylic acids is 1. The summed E-state index contributed by atoms with van der Waals surface area (Å²) in [7, 11) is 0. The molecule has 1 aromatic heterocycles. The predicted molar refractivity (Wildman–Crippen MR) is 76.1 cm³/mol. The highest BCUT2D eigenvalue weighted by Crippen LogP contribution is 2.24. The Morgan fingerprint density at radius 1 is 1.47 bits per heavy atom. The van der Waals surface area contributed by atoms with Gasteiger partial charge in [-0.25, -0.2) is 4.79 Å². The van der Waals surface area contributed by atoms with Crippen LogP contribution in [0.2, 0.25) is 0 Å². The van der Waals surface area contributed by atoms with Crippen molar-refractivity contribution < 1.29 is 9.53 Å². The topological polar surface area (TPSA) is 51.2 Å². The van der Waals surface area contributed by atoms with E-state index in [1.54, 1.807) is 11.7 Å². The van der Waals surface area contributed by atoms with Crippen LogP contribution in [-0.4, -0.2) is 23.6 Å². The molecule has 0 aliphatic heterocycles. The molecule has 4 nitrogen and oxygen atoms in total. The van der Waals surface area contributed by atoms with Crippen molar-refractivity contribution in [2.75, 3.05) is 6.61 Å². The first kappa shape index (κ1) is 14.5. The normalized spacial score (nSPS) is 18.8. The number of carbonyl (C=O) groups is 1. The van der Waals surface area contributed by atoms with Crippen molar-refractivity contribution in [3.05, 3.63) is 16.6 Å². The molecule has 0 aromatic carbocycles. The minimum absolute atomic E-state index is 0.184. The van der Waals surface area contributed by atoms with Crippen LogP contribution in [0.5, 0.6) is 0 Å². The number of thiazole rings is 1. The molecule has 1 atom stereocenters. The number of ether oxygens (including phenoxy) is 1. The summed E-state index contributed by atoms with van der Waals surface area (Å²) >= 11 is 1.50. The molecule has 1 aliphatic rings. The monoisotopic (exact) mass is 282 g/mol. The van der Waals surface area contributed by atoms with Crippen LogP contribution in [-0.2, 0) is 9.53 Å². The molecule has 1 N–H and O–H groups in total. The number of nitrogens with zero attached hydrogens (tertiary/aromatic N) is 1. The van der Waals surface area contributed by atoms with Gasteiger partial charge in [-0.2, -0.15) is 0 Å². The largest absolute Gasteiger partial charge is 0.465 e. The second-order valence-corrected chi connectivity index (χ2v) is 5.86. The molecule has 0 radical (unpaired) electrons. The van der Waals surface area contributed by atoms with Crippen molar-refractivity contribution >= 4 is 17.3 Å². The molecule has 1 saturated carbocycles. The van der Waals surface area contributed by atoms with Gasteiger partial charge in [-0.1, -0.05) is 25.7 Å². The first-order valence-corrected chi connectivity index (χ1v) is 8.00. The summed E-state index contributed by atoms with van der Waals surface area (Å²) in [5, 5.41) is 3.48. The zero-order valence-corrected chi connectivity index (χ0v) is 12.2. The van der Waals surface area contributed by atoms with Gasteiger partial charge in [0.1, 0.15) is 6.04 Å². The van der Waals surface area contributed by atoms with Gasteiger partial charge in [-0.15, -0.1) is 11.3 Å². The Balaban J connectivity index is 2.02. The zero-order valence-electron chi connectivity index (χ0n) is 11.4. The minimum atomic E-state index is -0.351. The highest BCUT2D eigenvalue weighted by Gasteiger charge is 2.26. The van der Waals surface area contributed by atoms with Gasteiger partial charge in [-0.3, -0.25) is 10.3 Å². The van der Waals surface area contributed by atoms with Crippen LogP contribution in [0.15, 0.2) is 11.7 Å². The molecule has 1 fully saturated rings. The SMILES string of the molecule is CCOC(=O)C(NC1CCCCCC1)c1cncs1. The third-order valence-corrected chi connectivity index (χ3v) is 4.36. The lowest BCUT2D eigenvalue weighted by molar-refractivity contribution is -0.146. The van der Waals surface area contributed by atoms with E-state index in [1.165, 1.54) is 37.0 Å². The minimum Gasteiger partial charge on any atom is -0.465 e. The van der Waals surface area contributed by atoms with Gasteiger partial charge in [-0.05, 0) is 19.8 Å². The second kappa shape index (κ2) is 7.60. The van der Waals surface area contributed by atoms with E-state index in [-0.39, 0.29) is 12.0 Å². The van der Waals surface area contributed by atoms with Crippen LogP contribution >= 0.6 is 11.3 Å². The third-order valence-electron chi connectivity index (χ3n) is 3.52. The van der Waals surface area contributed by atoms with E-state index in [4.69, 9.17) is 4.74 Å². The maximum Gasteiger partial charge on any atom is 0.328 e. The van der Waals surface area contributed by atoms with Gasteiger partial charge in [0.05, 0.1) is 17.0 Å². The van der Waals surface area contributed by atoms with E-state index in [0.29, 0.717) is 12.6 Å². The average Bonchev–Trinajstić information content (AvgIpc) is 2.80. The summed E-state index contributed by atoms with van der Waals surface area (Å²) in [5.74, 6) is -0.184. The Labute approximate surface area is 118 Å². The molecular weight excluding hydrogens is 260 g/mol. The van der Waals surface area contributed by atoms with Gasteiger partial charge in [0.15, 0.2) is 0 Å². The summed E-state index contributed by atoms with van der Waals surface area (Å²) in [5.41, 5.74) is 1.76. The van der Waals surface area contributed by atoms with E-state index in [0.717, 1.165) is 17.7 Å². The van der Waals surface area contributed by atoms with E-state index < -0.39 is 0 Å². The highest BCUT2D eigenvalue weighted by atomic mass is 32.1. The molecule has 5 heteroatoms. The Kier molecular flexibility index (Phi) is 5.79. The van der Waals surface area contributed by atoms with Gasteiger partial charge in [0.2, 0.25) is 0 Å². The predicted octanol–water partition coefficient (Wildman–Crippen LogP) is 3.06. The van der Waals surface area contributed by atoms with E-state index >= 15 is 0 Å². The fraction of sp³-hybridized carbons (Fsp3) is 0.714. The molecule has 1 aliphatic carbocycles. The van der Waals surface area contributed by atoms with Crippen LogP contribution in [0.1, 0.15) is 56.4 Å². The number of hydrogen-bond acceptors (Lipinski definition) is 5. The maximum absolute atomic E-state index is 12.1. The Bertz CT molecular complexity index is 373. The second-order valence-electron chi connectivity index (χ2n) is 4.94. The summed E-state index contributed by atoms with van der Waals surface area (Å²) in [4.78, 5) is 17.1. The highest BCUT2D eigenvalue weighted by molar-refractivity contribution is 7.09. The van der Waals surface area contributed by atoms with Gasteiger partial charge >= 0.3 is 5.97 Å². The van der Waals surface area contributed by atoms with Crippen LogP contribution in [0.4, 0.5) is 0 Å². The lowest BCUT2D eigenvalue weighted by atomic mass is 10.1. The van der Waals surface area contributed by atoms with Crippen LogP contribution < -0.4 is 5.32 Å². The van der Waals surface area contributed by atoms with E-state index in [2.05, 4.69) is 10.3 Å². The molecule has 1 heterocycles. The number of rotatable bonds is 5.